The van der Waals surface area contributed by atoms with Crippen LogP contribution in [0.4, 0.5) is 0 Å². The monoisotopic (exact) mass is 160 g/mol. The number of rotatable bonds is 3. The molecule has 1 heterocycles. The first kappa shape index (κ1) is 7.73. The lowest BCUT2D eigenvalue weighted by Crippen LogP contribution is -1.97. The fraction of sp³-hybridized carbons (Fsp3) is 0.333. The van der Waals surface area contributed by atoms with Gasteiger partial charge in [-0.1, -0.05) is 0 Å². The summed E-state index contributed by atoms with van der Waals surface area (Å²) in [6.45, 7) is 2.33. The Hall–Kier alpha value is -0.370. The quantitative estimate of drug-likeness (QED) is 0.676. The van der Waals surface area contributed by atoms with E-state index in [0.29, 0.717) is 12.1 Å². The highest BCUT2D eigenvalue weighted by Gasteiger charge is 2.09. The maximum absolute atomic E-state index is 9.16. The minimum absolute atomic E-state index is 0.503. The summed E-state index contributed by atoms with van der Waals surface area (Å²) >= 11 is 0. The first-order valence-electron chi connectivity index (χ1n) is 3.00. The molecule has 10 heavy (non-hydrogen) atoms. The minimum atomic E-state index is -1.51. The molecule has 0 saturated heterocycles. The van der Waals surface area contributed by atoms with Gasteiger partial charge in [0.15, 0.2) is 5.50 Å². The third-order valence-corrected chi connectivity index (χ3v) is 2.08. The average Bonchev–Trinajstić information content (AvgIpc) is 2.38. The molecule has 1 N–H and O–H groups in total. The van der Waals surface area contributed by atoms with E-state index in [1.807, 2.05) is 6.92 Å². The summed E-state index contributed by atoms with van der Waals surface area (Å²) in [6.07, 6.45) is 1.51. The maximum atomic E-state index is 9.16. The Labute approximate surface area is 60.5 Å². The lowest BCUT2D eigenvalue weighted by molar-refractivity contribution is 0.332. The minimum Gasteiger partial charge on any atom is -0.460 e. The van der Waals surface area contributed by atoms with Gasteiger partial charge < -0.3 is 13.8 Å². The van der Waals surface area contributed by atoms with Crippen molar-refractivity contribution in [1.29, 1.82) is 0 Å². The molecule has 0 saturated carbocycles. The molecule has 3 nitrogen and oxygen atoms in total. The molecule has 1 aromatic heterocycles. The Kier molecular flexibility index (Phi) is 2.87. The van der Waals surface area contributed by atoms with Crippen molar-refractivity contribution in [1.82, 2.24) is 0 Å². The van der Waals surface area contributed by atoms with Crippen LogP contribution in [0, 0.1) is 0 Å². The first-order valence-corrected chi connectivity index (χ1v) is 4.21. The Morgan fingerprint density at radius 1 is 1.80 bits per heavy atom. The molecule has 1 aromatic rings. The number of hydrogen-bond acceptors (Lipinski definition) is 3. The molecular formula is C6H9O3P. The Bertz CT molecular complexity index is 173. The van der Waals surface area contributed by atoms with Crippen molar-refractivity contribution in [2.75, 3.05) is 6.61 Å². The van der Waals surface area contributed by atoms with Crippen molar-refractivity contribution >= 4 is 13.9 Å². The molecular weight excluding hydrogens is 151 g/mol. The number of furan rings is 1. The summed E-state index contributed by atoms with van der Waals surface area (Å²) in [6, 6.07) is 3.42. The summed E-state index contributed by atoms with van der Waals surface area (Å²) in [4.78, 5) is 9.16. The highest BCUT2D eigenvalue weighted by molar-refractivity contribution is 7.54. The van der Waals surface area contributed by atoms with Gasteiger partial charge in [-0.2, -0.15) is 0 Å². The largest absolute Gasteiger partial charge is 0.460 e. The van der Waals surface area contributed by atoms with Gasteiger partial charge in [-0.3, -0.25) is 0 Å². The molecule has 0 aliphatic heterocycles. The van der Waals surface area contributed by atoms with Gasteiger partial charge in [-0.05, 0) is 19.1 Å². The molecule has 0 bridgehead atoms. The molecule has 0 aliphatic rings. The fourth-order valence-corrected chi connectivity index (χ4v) is 1.30. The van der Waals surface area contributed by atoms with Crippen molar-refractivity contribution < 1.29 is 13.8 Å². The van der Waals surface area contributed by atoms with Crippen molar-refractivity contribution in [3.63, 3.8) is 0 Å². The molecule has 0 spiro atoms. The molecule has 0 fully saturated rings. The zero-order valence-electron chi connectivity index (χ0n) is 5.65. The van der Waals surface area contributed by atoms with Crippen LogP contribution in [0.5, 0.6) is 0 Å². The van der Waals surface area contributed by atoms with E-state index < -0.39 is 8.38 Å². The van der Waals surface area contributed by atoms with E-state index in [-0.39, 0.29) is 0 Å². The van der Waals surface area contributed by atoms with Crippen LogP contribution in [0.2, 0.25) is 0 Å². The van der Waals surface area contributed by atoms with Gasteiger partial charge >= 0.3 is 0 Å². The summed E-state index contributed by atoms with van der Waals surface area (Å²) in [5, 5.41) is 0. The standard InChI is InChI=1S/C6H9O3P/c1-2-9-10(7)6-4-3-5-8-6/h3-5,7H,2H2,1H3. The summed E-state index contributed by atoms with van der Waals surface area (Å²) in [7, 11) is -1.51. The summed E-state index contributed by atoms with van der Waals surface area (Å²) < 4.78 is 9.81. The summed E-state index contributed by atoms with van der Waals surface area (Å²) in [5.41, 5.74) is 0.511. The molecule has 0 aliphatic carbocycles. The fourth-order valence-electron chi connectivity index (χ4n) is 0.565. The predicted octanol–water partition coefficient (Wildman–Crippen LogP) is 1.25. The molecule has 1 atom stereocenters. The average molecular weight is 160 g/mol. The van der Waals surface area contributed by atoms with Gasteiger partial charge in [-0.15, -0.1) is 0 Å². The SMILES string of the molecule is CCOP(O)c1ccco1. The summed E-state index contributed by atoms with van der Waals surface area (Å²) in [5.74, 6) is 0. The highest BCUT2D eigenvalue weighted by Crippen LogP contribution is 2.29. The molecule has 1 rings (SSSR count). The lowest BCUT2D eigenvalue weighted by Gasteiger charge is -2.03. The van der Waals surface area contributed by atoms with Crippen LogP contribution in [-0.2, 0) is 4.52 Å². The van der Waals surface area contributed by atoms with Crippen LogP contribution < -0.4 is 5.50 Å². The second-order valence-corrected chi connectivity index (χ2v) is 2.89. The highest BCUT2D eigenvalue weighted by atomic mass is 31.2. The topological polar surface area (TPSA) is 42.6 Å². The molecule has 1 unspecified atom stereocenters. The molecule has 4 heteroatoms. The van der Waals surface area contributed by atoms with Crippen LogP contribution in [0.25, 0.3) is 0 Å². The van der Waals surface area contributed by atoms with Gasteiger partial charge in [0, 0.05) is 0 Å². The Balaban J connectivity index is 2.50. The lowest BCUT2D eigenvalue weighted by atomic mass is 10.7. The molecule has 0 radical (unpaired) electrons. The van der Waals surface area contributed by atoms with E-state index in [1.165, 1.54) is 6.26 Å². The van der Waals surface area contributed by atoms with Gasteiger partial charge in [0.2, 0.25) is 8.38 Å². The van der Waals surface area contributed by atoms with Crippen LogP contribution in [0.1, 0.15) is 6.92 Å². The zero-order chi connectivity index (χ0) is 7.40. The van der Waals surface area contributed by atoms with E-state index >= 15 is 0 Å². The third-order valence-electron chi connectivity index (χ3n) is 0.946. The van der Waals surface area contributed by atoms with E-state index in [0.717, 1.165) is 0 Å². The first-order chi connectivity index (χ1) is 4.84. The van der Waals surface area contributed by atoms with Crippen LogP contribution in [-0.4, -0.2) is 11.5 Å². The van der Waals surface area contributed by atoms with Crippen molar-refractivity contribution in [2.24, 2.45) is 0 Å². The smallest absolute Gasteiger partial charge is 0.240 e. The second-order valence-electron chi connectivity index (χ2n) is 1.64. The number of hydrogen-bond donors (Lipinski definition) is 1. The maximum Gasteiger partial charge on any atom is 0.240 e. The zero-order valence-corrected chi connectivity index (χ0v) is 6.54. The normalized spacial score (nSPS) is 13.4. The van der Waals surface area contributed by atoms with Crippen LogP contribution in [0.15, 0.2) is 22.8 Å². The van der Waals surface area contributed by atoms with Crippen LogP contribution >= 0.6 is 8.38 Å². The van der Waals surface area contributed by atoms with Crippen molar-refractivity contribution in [3.05, 3.63) is 18.4 Å². The Morgan fingerprint density at radius 3 is 3.10 bits per heavy atom. The second kappa shape index (κ2) is 3.71. The van der Waals surface area contributed by atoms with Gasteiger partial charge in [0.1, 0.15) is 0 Å². The van der Waals surface area contributed by atoms with Gasteiger partial charge in [0.05, 0.1) is 12.9 Å². The van der Waals surface area contributed by atoms with Gasteiger partial charge in [0.25, 0.3) is 0 Å². The molecule has 0 aromatic carbocycles. The van der Waals surface area contributed by atoms with Gasteiger partial charge in [-0.25, -0.2) is 0 Å². The van der Waals surface area contributed by atoms with Crippen LogP contribution in [0.3, 0.4) is 0 Å². The van der Waals surface area contributed by atoms with Crippen molar-refractivity contribution in [3.8, 4) is 0 Å². The third kappa shape index (κ3) is 1.81. The van der Waals surface area contributed by atoms with E-state index in [2.05, 4.69) is 0 Å². The van der Waals surface area contributed by atoms with E-state index in [9.17, 15) is 0 Å². The van der Waals surface area contributed by atoms with E-state index in [1.54, 1.807) is 12.1 Å². The Morgan fingerprint density at radius 2 is 2.60 bits per heavy atom. The predicted molar refractivity (Wildman–Crippen MR) is 39.1 cm³/mol. The van der Waals surface area contributed by atoms with E-state index in [4.69, 9.17) is 13.8 Å². The van der Waals surface area contributed by atoms with Crippen molar-refractivity contribution in [2.45, 2.75) is 6.92 Å². The molecule has 56 valence electrons. The molecule has 0 amide bonds.